The van der Waals surface area contributed by atoms with Crippen LogP contribution in [0.15, 0.2) is 41.3 Å². The second-order valence-electron chi connectivity index (χ2n) is 6.00. The van der Waals surface area contributed by atoms with Crippen LogP contribution < -0.4 is 10.6 Å². The zero-order valence-corrected chi connectivity index (χ0v) is 16.6. The minimum absolute atomic E-state index is 0.193. The molecule has 2 amide bonds. The number of nitrogens with one attached hydrogen (secondary N) is 2. The summed E-state index contributed by atoms with van der Waals surface area (Å²) in [5, 5.41) is 15.6. The molecule has 0 aromatic heterocycles. The van der Waals surface area contributed by atoms with Gasteiger partial charge in [0.05, 0.1) is 5.56 Å². The van der Waals surface area contributed by atoms with Crippen molar-refractivity contribution in [1.29, 1.82) is 5.26 Å². The first-order valence-electron chi connectivity index (χ1n) is 8.47. The number of halogens is 1. The number of anilines is 1. The Hall–Kier alpha value is -3.38. The molecule has 0 fully saturated rings. The number of carbonyl (C=O) groups excluding carboxylic acids is 3. The van der Waals surface area contributed by atoms with E-state index in [4.69, 9.17) is 10.00 Å². The van der Waals surface area contributed by atoms with Crippen LogP contribution in [0.4, 0.5) is 10.1 Å². The van der Waals surface area contributed by atoms with E-state index in [0.717, 1.165) is 33.9 Å². The van der Waals surface area contributed by atoms with Crippen LogP contribution in [-0.4, -0.2) is 30.9 Å². The Morgan fingerprint density at radius 1 is 1.17 bits per heavy atom. The molecule has 0 saturated heterocycles. The van der Waals surface area contributed by atoms with Gasteiger partial charge in [-0.2, -0.15) is 5.26 Å². The Labute approximate surface area is 171 Å². The lowest BCUT2D eigenvalue weighted by molar-refractivity contribution is -0.146. The molecule has 2 N–H and O–H groups in total. The van der Waals surface area contributed by atoms with Gasteiger partial charge in [0.1, 0.15) is 17.8 Å². The molecular formula is C20H18FN3O4S. The van der Waals surface area contributed by atoms with E-state index in [1.165, 1.54) is 18.2 Å². The average Bonchev–Trinajstić information content (AvgIpc) is 2.68. The molecule has 0 aliphatic rings. The van der Waals surface area contributed by atoms with Gasteiger partial charge in [0, 0.05) is 10.6 Å². The molecule has 0 aliphatic carbocycles. The van der Waals surface area contributed by atoms with Gasteiger partial charge in [-0.1, -0.05) is 12.1 Å². The Bertz CT molecular complexity index is 965. The zero-order chi connectivity index (χ0) is 21.4. The van der Waals surface area contributed by atoms with Gasteiger partial charge in [0.25, 0.3) is 11.8 Å². The third-order valence-corrected chi connectivity index (χ3v) is 4.37. The summed E-state index contributed by atoms with van der Waals surface area (Å²) in [5.41, 5.74) is 1.90. The summed E-state index contributed by atoms with van der Waals surface area (Å²) in [6.07, 6.45) is 0. The van der Waals surface area contributed by atoms with Crippen molar-refractivity contribution >= 4 is 35.2 Å². The maximum absolute atomic E-state index is 13.5. The van der Waals surface area contributed by atoms with Crippen LogP contribution in [0.5, 0.6) is 0 Å². The second-order valence-corrected chi connectivity index (χ2v) is 6.85. The normalized spacial score (nSPS) is 10.0. The number of thiocyanates is 1. The van der Waals surface area contributed by atoms with E-state index in [0.29, 0.717) is 5.69 Å². The van der Waals surface area contributed by atoms with E-state index in [1.54, 1.807) is 26.0 Å². The van der Waals surface area contributed by atoms with E-state index in [1.807, 2.05) is 5.40 Å². The Morgan fingerprint density at radius 2 is 1.83 bits per heavy atom. The summed E-state index contributed by atoms with van der Waals surface area (Å²) in [4.78, 5) is 36.4. The fourth-order valence-electron chi connectivity index (χ4n) is 2.50. The standard InChI is InChI=1S/C20H18FN3O4S/c1-12-7-14(29-11-22)8-13(2)19(12)24-17(25)10-28-18(26)9-23-20(27)15-5-3-4-6-16(15)21/h3-8H,9-10H2,1-2H3,(H,23,27)(H,24,25). The quantitative estimate of drug-likeness (QED) is 0.409. The minimum Gasteiger partial charge on any atom is -0.454 e. The topological polar surface area (TPSA) is 108 Å². The van der Waals surface area contributed by atoms with Crippen LogP contribution in [0.2, 0.25) is 0 Å². The predicted molar refractivity (Wildman–Crippen MR) is 106 cm³/mol. The fraction of sp³-hybridized carbons (Fsp3) is 0.200. The highest BCUT2D eigenvalue weighted by molar-refractivity contribution is 8.03. The molecule has 0 spiro atoms. The maximum Gasteiger partial charge on any atom is 0.325 e. The molecule has 0 heterocycles. The van der Waals surface area contributed by atoms with Crippen LogP contribution in [0.1, 0.15) is 21.5 Å². The molecule has 2 aromatic rings. The summed E-state index contributed by atoms with van der Waals surface area (Å²) in [7, 11) is 0. The highest BCUT2D eigenvalue weighted by Crippen LogP contribution is 2.27. The number of nitrogens with zero attached hydrogens (tertiary/aromatic N) is 1. The lowest BCUT2D eigenvalue weighted by atomic mass is 10.1. The van der Waals surface area contributed by atoms with Gasteiger partial charge in [0.2, 0.25) is 0 Å². The number of benzene rings is 2. The van der Waals surface area contributed by atoms with E-state index >= 15 is 0 Å². The first kappa shape index (κ1) is 21.9. The van der Waals surface area contributed by atoms with E-state index in [-0.39, 0.29) is 5.56 Å². The number of amides is 2. The van der Waals surface area contributed by atoms with Crippen LogP contribution in [-0.2, 0) is 14.3 Å². The molecule has 0 unspecified atom stereocenters. The van der Waals surface area contributed by atoms with Crippen LogP contribution in [0, 0.1) is 30.3 Å². The molecule has 0 radical (unpaired) electrons. The highest BCUT2D eigenvalue weighted by Gasteiger charge is 2.14. The number of rotatable bonds is 7. The van der Waals surface area contributed by atoms with Crippen molar-refractivity contribution in [3.63, 3.8) is 0 Å². The lowest BCUT2D eigenvalue weighted by Gasteiger charge is -2.13. The Kier molecular flexibility index (Phi) is 7.74. The van der Waals surface area contributed by atoms with Gasteiger partial charge < -0.3 is 15.4 Å². The first-order chi connectivity index (χ1) is 13.8. The molecule has 9 heteroatoms. The molecule has 29 heavy (non-hydrogen) atoms. The summed E-state index contributed by atoms with van der Waals surface area (Å²) < 4.78 is 18.3. The predicted octanol–water partition coefficient (Wildman–Crippen LogP) is 2.93. The third-order valence-electron chi connectivity index (χ3n) is 3.81. The number of aryl methyl sites for hydroxylation is 2. The van der Waals surface area contributed by atoms with Crippen molar-refractivity contribution in [2.75, 3.05) is 18.5 Å². The average molecular weight is 415 g/mol. The van der Waals surface area contributed by atoms with Gasteiger partial charge in [0.15, 0.2) is 6.61 Å². The Morgan fingerprint density at radius 3 is 2.45 bits per heavy atom. The fourth-order valence-corrected chi connectivity index (χ4v) is 3.07. The number of hydrogen-bond donors (Lipinski definition) is 2. The van der Waals surface area contributed by atoms with Crippen LogP contribution in [0.25, 0.3) is 0 Å². The molecular weight excluding hydrogens is 397 g/mol. The van der Waals surface area contributed by atoms with Gasteiger partial charge in [-0.3, -0.25) is 14.4 Å². The molecule has 0 saturated carbocycles. The zero-order valence-electron chi connectivity index (χ0n) is 15.7. The van der Waals surface area contributed by atoms with Crippen molar-refractivity contribution in [3.05, 3.63) is 58.9 Å². The number of nitriles is 1. The Balaban J connectivity index is 1.83. The molecule has 150 valence electrons. The van der Waals surface area contributed by atoms with Crippen molar-refractivity contribution in [1.82, 2.24) is 5.32 Å². The smallest absolute Gasteiger partial charge is 0.325 e. The van der Waals surface area contributed by atoms with Crippen molar-refractivity contribution in [2.24, 2.45) is 0 Å². The van der Waals surface area contributed by atoms with Crippen molar-refractivity contribution in [3.8, 4) is 5.40 Å². The molecule has 7 nitrogen and oxygen atoms in total. The summed E-state index contributed by atoms with van der Waals surface area (Å²) in [6.45, 7) is 2.53. The lowest BCUT2D eigenvalue weighted by Crippen LogP contribution is -2.32. The molecule has 2 aromatic carbocycles. The number of carbonyl (C=O) groups is 3. The number of ether oxygens (including phenoxy) is 1. The van der Waals surface area contributed by atoms with Crippen LogP contribution >= 0.6 is 11.8 Å². The molecule has 0 bridgehead atoms. The van der Waals surface area contributed by atoms with Gasteiger partial charge in [-0.25, -0.2) is 4.39 Å². The van der Waals surface area contributed by atoms with E-state index < -0.39 is 36.8 Å². The SMILES string of the molecule is Cc1cc(SC#N)cc(C)c1NC(=O)COC(=O)CNC(=O)c1ccccc1F. The van der Waals surface area contributed by atoms with Gasteiger partial charge in [-0.05, 0) is 61.0 Å². The first-order valence-corrected chi connectivity index (χ1v) is 9.29. The van der Waals surface area contributed by atoms with E-state index in [2.05, 4.69) is 10.6 Å². The van der Waals surface area contributed by atoms with Crippen molar-refractivity contribution in [2.45, 2.75) is 18.7 Å². The third kappa shape index (κ3) is 6.33. The summed E-state index contributed by atoms with van der Waals surface area (Å²) >= 11 is 1.02. The number of esters is 1. The summed E-state index contributed by atoms with van der Waals surface area (Å²) in [5.74, 6) is -2.85. The highest BCUT2D eigenvalue weighted by atomic mass is 32.2. The monoisotopic (exact) mass is 415 g/mol. The van der Waals surface area contributed by atoms with Crippen LogP contribution in [0.3, 0.4) is 0 Å². The minimum atomic E-state index is -0.834. The van der Waals surface area contributed by atoms with Gasteiger partial charge >= 0.3 is 5.97 Å². The number of thioether (sulfide) groups is 1. The van der Waals surface area contributed by atoms with Crippen molar-refractivity contribution < 1.29 is 23.5 Å². The summed E-state index contributed by atoms with van der Waals surface area (Å²) in [6, 6.07) is 8.89. The maximum atomic E-state index is 13.5. The molecule has 2 rings (SSSR count). The number of hydrogen-bond acceptors (Lipinski definition) is 6. The largest absolute Gasteiger partial charge is 0.454 e. The molecule has 0 atom stereocenters. The van der Waals surface area contributed by atoms with Gasteiger partial charge in [-0.15, -0.1) is 0 Å². The molecule has 0 aliphatic heterocycles. The second kappa shape index (κ2) is 10.2. The van der Waals surface area contributed by atoms with E-state index in [9.17, 15) is 18.8 Å².